The first-order valence-corrected chi connectivity index (χ1v) is 7.76. The van der Waals surface area contributed by atoms with Crippen LogP contribution in [0.15, 0.2) is 12.4 Å². The van der Waals surface area contributed by atoms with Crippen LogP contribution >= 0.6 is 11.3 Å². The Morgan fingerprint density at radius 2 is 2.25 bits per heavy atom. The predicted octanol–water partition coefficient (Wildman–Crippen LogP) is 1.52. The molecule has 1 atom stereocenters. The van der Waals surface area contributed by atoms with Gasteiger partial charge in [-0.25, -0.2) is 9.78 Å². The summed E-state index contributed by atoms with van der Waals surface area (Å²) in [6, 6.07) is -0.429. The molecule has 0 aliphatic carbocycles. The number of hydrogen-bond donors (Lipinski definition) is 2. The van der Waals surface area contributed by atoms with E-state index in [1.54, 1.807) is 13.8 Å². The number of aromatic nitrogens is 3. The zero-order valence-electron chi connectivity index (χ0n) is 12.9. The third kappa shape index (κ3) is 4.13. The Kier molecular flexibility index (Phi) is 5.24. The number of carboxylic acids is 1. The molecule has 0 radical (unpaired) electrons. The van der Waals surface area contributed by atoms with Crippen molar-refractivity contribution in [1.29, 1.82) is 0 Å². The van der Waals surface area contributed by atoms with Gasteiger partial charge in [-0.05, 0) is 13.8 Å². The number of nitrogens with one attached hydrogen (secondary N) is 1. The van der Waals surface area contributed by atoms with Gasteiger partial charge in [0.15, 0.2) is 0 Å². The number of rotatable bonds is 7. The quantitative estimate of drug-likeness (QED) is 0.568. The summed E-state index contributed by atoms with van der Waals surface area (Å²) in [6.07, 6.45) is 2.45. The van der Waals surface area contributed by atoms with Gasteiger partial charge in [0.2, 0.25) is 5.91 Å². The van der Waals surface area contributed by atoms with Crippen molar-refractivity contribution in [3.05, 3.63) is 38.1 Å². The Hall–Kier alpha value is -2.82. The first-order chi connectivity index (χ1) is 11.3. The second kappa shape index (κ2) is 7.17. The molecule has 0 saturated heterocycles. The number of aromatic carboxylic acids is 1. The molecule has 2 rings (SSSR count). The molecule has 0 aliphatic heterocycles. The van der Waals surface area contributed by atoms with Gasteiger partial charge < -0.3 is 10.4 Å². The topological polar surface area (TPSA) is 140 Å². The van der Waals surface area contributed by atoms with E-state index in [4.69, 9.17) is 5.11 Å². The average Bonchev–Trinajstić information content (AvgIpc) is 3.11. The number of hydrogen-bond acceptors (Lipinski definition) is 7. The standard InChI is InChI=1S/C13H15N5O5S/c1-7-11(13(20)21)24-12(16-7)8(2)15-10(19)3-4-17-6-9(5-14-17)18(22)23/h5-6,8H,3-4H2,1-2H3,(H,15,19)(H,20,21). The summed E-state index contributed by atoms with van der Waals surface area (Å²) in [6.45, 7) is 3.51. The van der Waals surface area contributed by atoms with Crippen LogP contribution in [0.4, 0.5) is 5.69 Å². The first kappa shape index (κ1) is 17.5. The van der Waals surface area contributed by atoms with Crippen molar-refractivity contribution in [3.63, 3.8) is 0 Å². The Bertz CT molecular complexity index is 784. The van der Waals surface area contributed by atoms with Crippen molar-refractivity contribution in [2.75, 3.05) is 0 Å². The van der Waals surface area contributed by atoms with E-state index in [1.165, 1.54) is 10.9 Å². The molecule has 0 spiro atoms. The normalized spacial score (nSPS) is 11.9. The minimum Gasteiger partial charge on any atom is -0.477 e. The molecule has 2 heterocycles. The lowest BCUT2D eigenvalue weighted by molar-refractivity contribution is -0.385. The third-order valence-electron chi connectivity index (χ3n) is 3.15. The van der Waals surface area contributed by atoms with E-state index in [0.29, 0.717) is 10.7 Å². The molecular weight excluding hydrogens is 338 g/mol. The Morgan fingerprint density at radius 3 is 2.79 bits per heavy atom. The lowest BCUT2D eigenvalue weighted by Crippen LogP contribution is -2.27. The van der Waals surface area contributed by atoms with Crippen molar-refractivity contribution in [1.82, 2.24) is 20.1 Å². The van der Waals surface area contributed by atoms with Gasteiger partial charge in [-0.2, -0.15) is 5.10 Å². The van der Waals surface area contributed by atoms with E-state index in [-0.39, 0.29) is 29.4 Å². The maximum absolute atomic E-state index is 11.9. The number of carboxylic acid groups (broad SMARTS) is 1. The van der Waals surface area contributed by atoms with Gasteiger partial charge in [0, 0.05) is 13.0 Å². The highest BCUT2D eigenvalue weighted by molar-refractivity contribution is 7.13. The highest BCUT2D eigenvalue weighted by atomic mass is 32.1. The maximum atomic E-state index is 11.9. The van der Waals surface area contributed by atoms with Gasteiger partial charge in [-0.15, -0.1) is 11.3 Å². The zero-order valence-corrected chi connectivity index (χ0v) is 13.7. The average molecular weight is 353 g/mol. The van der Waals surface area contributed by atoms with E-state index >= 15 is 0 Å². The number of nitrogens with zero attached hydrogens (tertiary/aromatic N) is 4. The van der Waals surface area contributed by atoms with Gasteiger partial charge in [0.1, 0.15) is 22.3 Å². The Balaban J connectivity index is 1.90. The summed E-state index contributed by atoms with van der Waals surface area (Å²) in [7, 11) is 0. The summed E-state index contributed by atoms with van der Waals surface area (Å²) in [5.74, 6) is -1.33. The van der Waals surface area contributed by atoms with Crippen molar-refractivity contribution < 1.29 is 19.6 Å². The van der Waals surface area contributed by atoms with Crippen LogP contribution in [-0.2, 0) is 11.3 Å². The number of carbonyl (C=O) groups excluding carboxylic acids is 1. The highest BCUT2D eigenvalue weighted by Gasteiger charge is 2.19. The fraction of sp³-hybridized carbons (Fsp3) is 0.385. The molecule has 0 bridgehead atoms. The molecule has 2 aromatic heterocycles. The molecule has 2 aromatic rings. The fourth-order valence-electron chi connectivity index (χ4n) is 1.96. The van der Waals surface area contributed by atoms with Crippen molar-refractivity contribution in [3.8, 4) is 0 Å². The van der Waals surface area contributed by atoms with Crippen LogP contribution in [0.5, 0.6) is 0 Å². The van der Waals surface area contributed by atoms with Crippen LogP contribution < -0.4 is 5.32 Å². The minimum absolute atomic E-state index is 0.0827. The number of aryl methyl sites for hydroxylation is 2. The lowest BCUT2D eigenvalue weighted by atomic mass is 10.3. The predicted molar refractivity (Wildman–Crippen MR) is 83.9 cm³/mol. The van der Waals surface area contributed by atoms with Gasteiger partial charge in [0.25, 0.3) is 0 Å². The number of nitro groups is 1. The summed E-state index contributed by atoms with van der Waals surface area (Å²) in [5.41, 5.74) is 0.274. The molecule has 1 unspecified atom stereocenters. The maximum Gasteiger partial charge on any atom is 0.347 e. The smallest absolute Gasteiger partial charge is 0.347 e. The molecule has 11 heteroatoms. The van der Waals surface area contributed by atoms with Crippen LogP contribution in [0.2, 0.25) is 0 Å². The molecule has 0 aliphatic rings. The van der Waals surface area contributed by atoms with E-state index in [2.05, 4.69) is 15.4 Å². The van der Waals surface area contributed by atoms with Crippen LogP contribution in [0, 0.1) is 17.0 Å². The Morgan fingerprint density at radius 1 is 1.54 bits per heavy atom. The molecule has 0 fully saturated rings. The SMILES string of the molecule is Cc1nc(C(C)NC(=O)CCn2cc([N+](=O)[O-])cn2)sc1C(=O)O. The van der Waals surface area contributed by atoms with Gasteiger partial charge in [0.05, 0.1) is 16.7 Å². The molecule has 0 saturated carbocycles. The van der Waals surface area contributed by atoms with E-state index in [9.17, 15) is 19.7 Å². The summed E-state index contributed by atoms with van der Waals surface area (Å²) >= 11 is 1.02. The number of thiazole rings is 1. The van der Waals surface area contributed by atoms with E-state index in [0.717, 1.165) is 17.5 Å². The molecule has 0 aromatic carbocycles. The molecule has 24 heavy (non-hydrogen) atoms. The van der Waals surface area contributed by atoms with E-state index in [1.807, 2.05) is 0 Å². The second-order valence-electron chi connectivity index (χ2n) is 5.03. The fourth-order valence-corrected chi connectivity index (χ4v) is 2.87. The number of carbonyl (C=O) groups is 2. The van der Waals surface area contributed by atoms with Crippen molar-refractivity contribution in [2.45, 2.75) is 32.9 Å². The van der Waals surface area contributed by atoms with Crippen LogP contribution in [0.1, 0.15) is 39.8 Å². The largest absolute Gasteiger partial charge is 0.477 e. The van der Waals surface area contributed by atoms with Gasteiger partial charge >= 0.3 is 11.7 Å². The molecular formula is C13H15N5O5S. The van der Waals surface area contributed by atoms with Crippen LogP contribution in [0.25, 0.3) is 0 Å². The van der Waals surface area contributed by atoms with Gasteiger partial charge in [-0.1, -0.05) is 0 Å². The summed E-state index contributed by atoms with van der Waals surface area (Å²) < 4.78 is 1.32. The number of amides is 1. The third-order valence-corrected chi connectivity index (χ3v) is 4.48. The van der Waals surface area contributed by atoms with E-state index < -0.39 is 16.9 Å². The molecule has 10 nitrogen and oxygen atoms in total. The van der Waals surface area contributed by atoms with Crippen molar-refractivity contribution in [2.24, 2.45) is 0 Å². The highest BCUT2D eigenvalue weighted by Crippen LogP contribution is 2.23. The Labute approximate surface area is 140 Å². The van der Waals surface area contributed by atoms with Gasteiger partial charge in [-0.3, -0.25) is 19.6 Å². The van der Waals surface area contributed by atoms with Crippen molar-refractivity contribution >= 4 is 28.9 Å². The zero-order chi connectivity index (χ0) is 17.9. The summed E-state index contributed by atoms with van der Waals surface area (Å²) in [4.78, 5) is 37.3. The first-order valence-electron chi connectivity index (χ1n) is 6.94. The lowest BCUT2D eigenvalue weighted by Gasteiger charge is -2.11. The second-order valence-corrected chi connectivity index (χ2v) is 6.06. The van der Waals surface area contributed by atoms with Crippen LogP contribution in [-0.4, -0.2) is 36.7 Å². The molecule has 128 valence electrons. The minimum atomic E-state index is -1.05. The molecule has 2 N–H and O–H groups in total. The summed E-state index contributed by atoms with van der Waals surface area (Å²) in [5, 5.41) is 26.6. The van der Waals surface area contributed by atoms with Crippen LogP contribution in [0.3, 0.4) is 0 Å². The molecule has 1 amide bonds. The monoisotopic (exact) mass is 353 g/mol.